The lowest BCUT2D eigenvalue weighted by atomic mass is 10.1. The number of nitrogens with one attached hydrogen (secondary N) is 1. The minimum atomic E-state index is -0.960. The molecule has 2 rings (SSSR count). The van der Waals surface area contributed by atoms with Crippen LogP contribution in [-0.4, -0.2) is 49.7 Å². The normalized spacial score (nSPS) is 10.5. The van der Waals surface area contributed by atoms with Gasteiger partial charge in [0.1, 0.15) is 11.5 Å². The van der Waals surface area contributed by atoms with Gasteiger partial charge in [-0.25, -0.2) is 4.79 Å². The van der Waals surface area contributed by atoms with Gasteiger partial charge in [-0.05, 0) is 24.7 Å². The third kappa shape index (κ3) is 5.49. The summed E-state index contributed by atoms with van der Waals surface area (Å²) in [6.45, 7) is 0.703. The van der Waals surface area contributed by atoms with Crippen molar-refractivity contribution in [2.24, 2.45) is 0 Å². The Hall–Kier alpha value is -3.06. The fraction of sp³-hybridized carbons (Fsp3) is 0.263. The van der Waals surface area contributed by atoms with Crippen LogP contribution in [0.15, 0.2) is 42.5 Å². The van der Waals surface area contributed by atoms with Gasteiger partial charge in [-0.1, -0.05) is 12.1 Å². The molecule has 26 heavy (non-hydrogen) atoms. The Morgan fingerprint density at radius 3 is 2.12 bits per heavy atom. The van der Waals surface area contributed by atoms with Crippen LogP contribution in [0, 0.1) is 0 Å². The lowest BCUT2D eigenvalue weighted by molar-refractivity contribution is -0.117. The molecule has 1 amide bonds. The number of amides is 1. The van der Waals surface area contributed by atoms with Gasteiger partial charge in [-0.15, -0.1) is 0 Å². The monoisotopic (exact) mass is 358 g/mol. The van der Waals surface area contributed by atoms with Crippen molar-refractivity contribution in [2.75, 3.05) is 33.1 Å². The number of ether oxygens (including phenoxy) is 2. The third-order valence-electron chi connectivity index (χ3n) is 3.70. The van der Waals surface area contributed by atoms with Crippen LogP contribution < -0.4 is 14.8 Å². The number of carbonyl (C=O) groups is 2. The number of methoxy groups -OCH3 is 2. The molecule has 0 aliphatic heterocycles. The molecule has 138 valence electrons. The maximum absolute atomic E-state index is 12.2. The Bertz CT molecular complexity index is 752. The molecule has 2 N–H and O–H groups in total. The van der Waals surface area contributed by atoms with Gasteiger partial charge >= 0.3 is 5.97 Å². The number of anilines is 1. The summed E-state index contributed by atoms with van der Waals surface area (Å²) in [4.78, 5) is 24.9. The molecular weight excluding hydrogens is 336 g/mol. The lowest BCUT2D eigenvalue weighted by Gasteiger charge is -2.17. The van der Waals surface area contributed by atoms with E-state index in [0.717, 1.165) is 5.56 Å². The fourth-order valence-corrected chi connectivity index (χ4v) is 2.45. The quantitative estimate of drug-likeness (QED) is 0.754. The molecule has 0 saturated carbocycles. The second-order valence-corrected chi connectivity index (χ2v) is 5.82. The predicted octanol–water partition coefficient (Wildman–Crippen LogP) is 2.47. The first-order chi connectivity index (χ1) is 12.4. The van der Waals surface area contributed by atoms with Crippen molar-refractivity contribution in [3.8, 4) is 11.5 Å². The molecule has 2 aromatic carbocycles. The van der Waals surface area contributed by atoms with Crippen LogP contribution in [0.5, 0.6) is 11.5 Å². The van der Waals surface area contributed by atoms with Gasteiger partial charge in [-0.2, -0.15) is 0 Å². The van der Waals surface area contributed by atoms with E-state index in [-0.39, 0.29) is 18.0 Å². The zero-order valence-electron chi connectivity index (χ0n) is 15.0. The smallest absolute Gasteiger partial charge is 0.335 e. The molecule has 7 nitrogen and oxygen atoms in total. The Labute approximate surface area is 152 Å². The van der Waals surface area contributed by atoms with Crippen molar-refractivity contribution >= 4 is 17.6 Å². The number of rotatable bonds is 8. The first kappa shape index (κ1) is 19.3. The van der Waals surface area contributed by atoms with Gasteiger partial charge in [0.05, 0.1) is 26.3 Å². The van der Waals surface area contributed by atoms with E-state index >= 15 is 0 Å². The summed E-state index contributed by atoms with van der Waals surface area (Å²) in [5.74, 6) is 0.0426. The van der Waals surface area contributed by atoms with Gasteiger partial charge in [0.25, 0.3) is 0 Å². The Balaban J connectivity index is 1.93. The van der Waals surface area contributed by atoms with Gasteiger partial charge in [0.2, 0.25) is 5.91 Å². The summed E-state index contributed by atoms with van der Waals surface area (Å²) in [5, 5.41) is 11.7. The molecule has 0 atom stereocenters. The minimum Gasteiger partial charge on any atom is -0.497 e. The zero-order chi connectivity index (χ0) is 19.1. The zero-order valence-corrected chi connectivity index (χ0v) is 15.0. The number of likely N-dealkylation sites (N-methyl/N-ethyl adjacent to an activating group) is 1. The molecule has 0 radical (unpaired) electrons. The topological polar surface area (TPSA) is 88.1 Å². The van der Waals surface area contributed by atoms with Crippen LogP contribution >= 0.6 is 0 Å². The maximum Gasteiger partial charge on any atom is 0.335 e. The Morgan fingerprint density at radius 2 is 1.62 bits per heavy atom. The molecule has 0 aromatic heterocycles. The molecule has 0 aliphatic carbocycles. The Morgan fingerprint density at radius 1 is 1.04 bits per heavy atom. The molecule has 0 spiro atoms. The van der Waals surface area contributed by atoms with E-state index in [0.29, 0.717) is 23.7 Å². The largest absolute Gasteiger partial charge is 0.497 e. The van der Waals surface area contributed by atoms with Crippen LogP contribution in [0.25, 0.3) is 0 Å². The number of carboxylic acids is 1. The van der Waals surface area contributed by atoms with Crippen molar-refractivity contribution in [3.05, 3.63) is 53.6 Å². The molecule has 2 aromatic rings. The Kier molecular flexibility index (Phi) is 6.57. The highest BCUT2D eigenvalue weighted by Crippen LogP contribution is 2.25. The number of hydrogen-bond donors (Lipinski definition) is 2. The minimum absolute atomic E-state index is 0.176. The van der Waals surface area contributed by atoms with Crippen molar-refractivity contribution in [3.63, 3.8) is 0 Å². The summed E-state index contributed by atoms with van der Waals surface area (Å²) >= 11 is 0. The summed E-state index contributed by atoms with van der Waals surface area (Å²) in [6, 6.07) is 11.7. The molecule has 0 bridgehead atoms. The van der Waals surface area contributed by atoms with Crippen LogP contribution in [0.4, 0.5) is 5.69 Å². The average Bonchev–Trinajstić information content (AvgIpc) is 2.61. The lowest BCUT2D eigenvalue weighted by Crippen LogP contribution is -2.29. The van der Waals surface area contributed by atoms with Gasteiger partial charge < -0.3 is 19.9 Å². The van der Waals surface area contributed by atoms with Crippen molar-refractivity contribution in [1.29, 1.82) is 0 Å². The molecule has 0 saturated heterocycles. The first-order valence-electron chi connectivity index (χ1n) is 7.95. The maximum atomic E-state index is 12.2. The average molecular weight is 358 g/mol. The summed E-state index contributed by atoms with van der Waals surface area (Å²) in [7, 11) is 4.91. The van der Waals surface area contributed by atoms with E-state index in [2.05, 4.69) is 5.32 Å². The second kappa shape index (κ2) is 8.87. The van der Waals surface area contributed by atoms with Crippen molar-refractivity contribution in [2.45, 2.75) is 6.54 Å². The number of benzene rings is 2. The molecule has 0 heterocycles. The van der Waals surface area contributed by atoms with E-state index < -0.39 is 5.97 Å². The molecule has 7 heteroatoms. The van der Waals surface area contributed by atoms with E-state index in [4.69, 9.17) is 14.6 Å². The van der Waals surface area contributed by atoms with E-state index in [1.54, 1.807) is 56.7 Å². The summed E-state index contributed by atoms with van der Waals surface area (Å²) in [6.07, 6.45) is 0. The highest BCUT2D eigenvalue weighted by Gasteiger charge is 2.10. The van der Waals surface area contributed by atoms with E-state index in [9.17, 15) is 9.59 Å². The number of carboxylic acid groups (broad SMARTS) is 1. The second-order valence-electron chi connectivity index (χ2n) is 5.82. The predicted molar refractivity (Wildman–Crippen MR) is 97.9 cm³/mol. The molecule has 0 aliphatic rings. The SMILES string of the molecule is COc1cc(NC(=O)CN(C)Cc2ccc(C(=O)O)cc2)cc(OC)c1. The van der Waals surface area contributed by atoms with Gasteiger partial charge in [0.15, 0.2) is 0 Å². The third-order valence-corrected chi connectivity index (χ3v) is 3.70. The first-order valence-corrected chi connectivity index (χ1v) is 7.95. The van der Waals surface area contributed by atoms with Crippen LogP contribution in [0.2, 0.25) is 0 Å². The molecular formula is C19H22N2O5. The van der Waals surface area contributed by atoms with Crippen LogP contribution in [0.1, 0.15) is 15.9 Å². The van der Waals surface area contributed by atoms with Crippen LogP contribution in [-0.2, 0) is 11.3 Å². The number of carbonyl (C=O) groups excluding carboxylic acids is 1. The highest BCUT2D eigenvalue weighted by atomic mass is 16.5. The fourth-order valence-electron chi connectivity index (χ4n) is 2.45. The number of aromatic carboxylic acids is 1. The summed E-state index contributed by atoms with van der Waals surface area (Å²) in [5.41, 5.74) is 1.75. The number of nitrogens with zero attached hydrogens (tertiary/aromatic N) is 1. The van der Waals surface area contributed by atoms with E-state index in [1.807, 2.05) is 11.9 Å². The van der Waals surface area contributed by atoms with Crippen LogP contribution in [0.3, 0.4) is 0 Å². The van der Waals surface area contributed by atoms with Gasteiger partial charge in [0, 0.05) is 30.4 Å². The highest BCUT2D eigenvalue weighted by molar-refractivity contribution is 5.92. The van der Waals surface area contributed by atoms with Gasteiger partial charge in [-0.3, -0.25) is 9.69 Å². The summed E-state index contributed by atoms with van der Waals surface area (Å²) < 4.78 is 10.4. The molecule has 0 fully saturated rings. The van der Waals surface area contributed by atoms with E-state index in [1.165, 1.54) is 0 Å². The number of hydrogen-bond acceptors (Lipinski definition) is 5. The molecule has 0 unspecified atom stereocenters. The standard InChI is InChI=1S/C19H22N2O5/c1-21(11-13-4-6-14(7-5-13)19(23)24)12-18(22)20-15-8-16(25-2)10-17(9-15)26-3/h4-10H,11-12H2,1-3H3,(H,20,22)(H,23,24). The van der Waals surface area contributed by atoms with Crippen molar-refractivity contribution in [1.82, 2.24) is 4.90 Å². The van der Waals surface area contributed by atoms with Crippen molar-refractivity contribution < 1.29 is 24.2 Å².